The van der Waals surface area contributed by atoms with Crippen LogP contribution >= 0.6 is 0 Å². The maximum Gasteiger partial charge on any atom is 0.141 e. The third-order valence-corrected chi connectivity index (χ3v) is 3.35. The van der Waals surface area contributed by atoms with Crippen molar-refractivity contribution in [3.05, 3.63) is 29.8 Å². The van der Waals surface area contributed by atoms with Gasteiger partial charge < -0.3 is 5.73 Å². The normalized spacial score (nSPS) is 19.8. The van der Waals surface area contributed by atoms with Crippen LogP contribution in [0.2, 0.25) is 0 Å². The van der Waals surface area contributed by atoms with E-state index in [1.807, 2.05) is 0 Å². The molecule has 0 unspecified atom stereocenters. The summed E-state index contributed by atoms with van der Waals surface area (Å²) < 4.78 is 12.9. The zero-order chi connectivity index (χ0) is 11.8. The average Bonchev–Trinajstić information content (AvgIpc) is 2.14. The molecular weight excluding hydrogens is 205 g/mol. The second kappa shape index (κ2) is 4.11. The van der Waals surface area contributed by atoms with Crippen LogP contribution in [0.4, 0.5) is 4.39 Å². The minimum Gasteiger partial charge on any atom is -0.323 e. The van der Waals surface area contributed by atoms with Gasteiger partial charge in [0.1, 0.15) is 5.82 Å². The minimum absolute atomic E-state index is 0.0687. The topological polar surface area (TPSA) is 42.1 Å². The van der Waals surface area contributed by atoms with E-state index < -0.39 is 0 Å². The predicted octanol–water partition coefficient (Wildman–Crippen LogP) is 1.39. The zero-order valence-electron chi connectivity index (χ0n) is 9.78. The summed E-state index contributed by atoms with van der Waals surface area (Å²) in [5.41, 5.74) is 7.03. The minimum atomic E-state index is -0.277. The highest BCUT2D eigenvalue weighted by Crippen LogP contribution is 2.27. The van der Waals surface area contributed by atoms with Gasteiger partial charge in [0.25, 0.3) is 0 Å². The highest BCUT2D eigenvalue weighted by atomic mass is 19.1. The summed E-state index contributed by atoms with van der Waals surface area (Å²) in [6, 6.07) is 1.53. The van der Waals surface area contributed by atoms with Crippen molar-refractivity contribution in [1.29, 1.82) is 0 Å². The van der Waals surface area contributed by atoms with Crippen molar-refractivity contribution in [3.8, 4) is 0 Å². The summed E-state index contributed by atoms with van der Waals surface area (Å²) in [6.07, 6.45) is 2.93. The van der Waals surface area contributed by atoms with Gasteiger partial charge in [-0.15, -0.1) is 0 Å². The Kier molecular flexibility index (Phi) is 2.95. The van der Waals surface area contributed by atoms with E-state index in [1.165, 1.54) is 12.3 Å². The molecule has 1 saturated heterocycles. The Balaban J connectivity index is 1.90. The monoisotopic (exact) mass is 223 g/mol. The first-order valence-electron chi connectivity index (χ1n) is 5.60. The summed E-state index contributed by atoms with van der Waals surface area (Å²) in [7, 11) is 0. The molecular formula is C12H18FN3. The molecule has 88 valence electrons. The summed E-state index contributed by atoms with van der Waals surface area (Å²) >= 11 is 0. The van der Waals surface area contributed by atoms with Gasteiger partial charge in [-0.25, -0.2) is 4.39 Å². The predicted molar refractivity (Wildman–Crippen MR) is 61.2 cm³/mol. The smallest absolute Gasteiger partial charge is 0.141 e. The Bertz CT molecular complexity index is 372. The number of hydrogen-bond donors (Lipinski definition) is 1. The molecule has 1 aliphatic rings. The highest BCUT2D eigenvalue weighted by molar-refractivity contribution is 5.12. The van der Waals surface area contributed by atoms with Crippen LogP contribution in [0.15, 0.2) is 18.5 Å². The molecule has 1 aliphatic heterocycles. The zero-order valence-corrected chi connectivity index (χ0v) is 9.78. The van der Waals surface area contributed by atoms with Crippen LogP contribution in [0.3, 0.4) is 0 Å². The van der Waals surface area contributed by atoms with Crippen molar-refractivity contribution in [3.63, 3.8) is 0 Å². The molecule has 2 heterocycles. The Morgan fingerprint density at radius 3 is 2.75 bits per heavy atom. The fourth-order valence-corrected chi connectivity index (χ4v) is 2.06. The second-order valence-corrected chi connectivity index (χ2v) is 5.04. The molecule has 0 saturated carbocycles. The molecule has 4 heteroatoms. The van der Waals surface area contributed by atoms with Crippen molar-refractivity contribution in [2.45, 2.75) is 25.9 Å². The van der Waals surface area contributed by atoms with Crippen LogP contribution in [0, 0.1) is 11.7 Å². The molecule has 2 rings (SSSR count). The largest absolute Gasteiger partial charge is 0.323 e. The number of pyridine rings is 1. The van der Waals surface area contributed by atoms with Gasteiger partial charge in [0.15, 0.2) is 0 Å². The molecule has 0 spiro atoms. The van der Waals surface area contributed by atoms with E-state index in [4.69, 9.17) is 5.73 Å². The Morgan fingerprint density at radius 1 is 1.50 bits per heavy atom. The van der Waals surface area contributed by atoms with E-state index in [0.29, 0.717) is 5.92 Å². The Labute approximate surface area is 95.5 Å². The fourth-order valence-electron chi connectivity index (χ4n) is 2.06. The lowest BCUT2D eigenvalue weighted by Gasteiger charge is -2.50. The maximum absolute atomic E-state index is 12.9. The SMILES string of the molecule is CC(C)C1(N)CN(Cc2cncc(F)c2)C1. The molecule has 2 N–H and O–H groups in total. The first kappa shape index (κ1) is 11.5. The molecule has 1 aromatic heterocycles. The number of hydrogen-bond acceptors (Lipinski definition) is 3. The molecule has 0 atom stereocenters. The van der Waals surface area contributed by atoms with Crippen LogP contribution in [0.5, 0.6) is 0 Å². The van der Waals surface area contributed by atoms with Gasteiger partial charge in [-0.05, 0) is 17.5 Å². The van der Waals surface area contributed by atoms with Crippen LogP contribution in [0.25, 0.3) is 0 Å². The quantitative estimate of drug-likeness (QED) is 0.842. The van der Waals surface area contributed by atoms with Gasteiger partial charge in [-0.3, -0.25) is 9.88 Å². The summed E-state index contributed by atoms with van der Waals surface area (Å²) in [6.45, 7) is 6.76. The number of halogens is 1. The van der Waals surface area contributed by atoms with E-state index >= 15 is 0 Å². The van der Waals surface area contributed by atoms with Crippen LogP contribution in [0.1, 0.15) is 19.4 Å². The molecule has 3 nitrogen and oxygen atoms in total. The molecule has 0 radical (unpaired) electrons. The van der Waals surface area contributed by atoms with Gasteiger partial charge in [0.05, 0.1) is 6.20 Å². The third kappa shape index (κ3) is 2.23. The standard InChI is InChI=1S/C12H18FN3/c1-9(2)12(14)7-16(8-12)6-10-3-11(13)5-15-4-10/h3-5,9H,6-8,14H2,1-2H3. The molecule has 16 heavy (non-hydrogen) atoms. The van der Waals surface area contributed by atoms with E-state index in [0.717, 1.165) is 25.2 Å². The highest BCUT2D eigenvalue weighted by Gasteiger charge is 2.41. The lowest BCUT2D eigenvalue weighted by atomic mass is 9.80. The lowest BCUT2D eigenvalue weighted by Crippen LogP contribution is -2.69. The summed E-state index contributed by atoms with van der Waals surface area (Å²) in [5.74, 6) is 0.204. The number of aromatic nitrogens is 1. The molecule has 0 aliphatic carbocycles. The van der Waals surface area contributed by atoms with Gasteiger partial charge >= 0.3 is 0 Å². The second-order valence-electron chi connectivity index (χ2n) is 5.04. The molecule has 1 aromatic rings. The van der Waals surface area contributed by atoms with E-state index in [-0.39, 0.29) is 11.4 Å². The number of rotatable bonds is 3. The van der Waals surface area contributed by atoms with E-state index in [9.17, 15) is 4.39 Å². The van der Waals surface area contributed by atoms with E-state index in [1.54, 1.807) is 6.20 Å². The summed E-state index contributed by atoms with van der Waals surface area (Å²) in [5, 5.41) is 0. The van der Waals surface area contributed by atoms with Crippen LogP contribution in [-0.4, -0.2) is 28.5 Å². The van der Waals surface area contributed by atoms with Gasteiger partial charge in [-0.2, -0.15) is 0 Å². The van der Waals surface area contributed by atoms with E-state index in [2.05, 4.69) is 23.7 Å². The molecule has 0 aromatic carbocycles. The van der Waals surface area contributed by atoms with Crippen LogP contribution in [-0.2, 0) is 6.54 Å². The number of nitrogens with zero attached hydrogens (tertiary/aromatic N) is 2. The maximum atomic E-state index is 12.9. The van der Waals surface area contributed by atoms with Crippen LogP contribution < -0.4 is 5.73 Å². The van der Waals surface area contributed by atoms with Crippen molar-refractivity contribution in [1.82, 2.24) is 9.88 Å². The lowest BCUT2D eigenvalue weighted by molar-refractivity contribution is 0.0312. The van der Waals surface area contributed by atoms with Gasteiger partial charge in [0, 0.05) is 31.4 Å². The van der Waals surface area contributed by atoms with Gasteiger partial charge in [-0.1, -0.05) is 13.8 Å². The third-order valence-electron chi connectivity index (χ3n) is 3.35. The van der Waals surface area contributed by atoms with Crippen molar-refractivity contribution < 1.29 is 4.39 Å². The summed E-state index contributed by atoms with van der Waals surface area (Å²) in [4.78, 5) is 6.05. The molecule has 0 bridgehead atoms. The first-order valence-corrected chi connectivity index (χ1v) is 5.60. The molecule has 1 fully saturated rings. The average molecular weight is 223 g/mol. The fraction of sp³-hybridized carbons (Fsp3) is 0.583. The Hall–Kier alpha value is -1.00. The Morgan fingerprint density at radius 2 is 2.19 bits per heavy atom. The van der Waals surface area contributed by atoms with Crippen molar-refractivity contribution in [2.75, 3.05) is 13.1 Å². The number of likely N-dealkylation sites (tertiary alicyclic amines) is 1. The number of nitrogens with two attached hydrogens (primary N) is 1. The molecule has 0 amide bonds. The van der Waals surface area contributed by atoms with Crippen molar-refractivity contribution in [2.24, 2.45) is 11.7 Å². The first-order chi connectivity index (χ1) is 7.49. The van der Waals surface area contributed by atoms with Gasteiger partial charge in [0.2, 0.25) is 0 Å². The van der Waals surface area contributed by atoms with Crippen molar-refractivity contribution >= 4 is 0 Å².